The van der Waals surface area contributed by atoms with Crippen molar-refractivity contribution in [2.45, 2.75) is 83.8 Å². The van der Waals surface area contributed by atoms with Gasteiger partial charge < -0.3 is 9.80 Å². The maximum Gasteiger partial charge on any atom is 0.242 e. The Morgan fingerprint density at radius 2 is 1.71 bits per heavy atom. The summed E-state index contributed by atoms with van der Waals surface area (Å²) in [6.45, 7) is 3.51. The summed E-state index contributed by atoms with van der Waals surface area (Å²) in [6, 6.07) is 14.4. The fraction of sp³-hybridized carbons (Fsp3) is 0.538. The van der Waals surface area contributed by atoms with Gasteiger partial charge in [0.2, 0.25) is 11.8 Å². The summed E-state index contributed by atoms with van der Waals surface area (Å²) in [5.41, 5.74) is 1.12. The molecule has 1 aromatic carbocycles. The monoisotopic (exact) mass is 440 g/mol. The van der Waals surface area contributed by atoms with E-state index in [9.17, 15) is 9.59 Å². The summed E-state index contributed by atoms with van der Waals surface area (Å²) in [7, 11) is 0. The molecule has 0 aliphatic heterocycles. The number of hydrogen-bond donors (Lipinski definition) is 0. The maximum absolute atomic E-state index is 13.5. The Labute approximate surface area is 191 Å². The SMILES string of the molecule is CCCCCC(=O)N(CC(=O)N(Cc1ccccc1)Cc1cccs1)C1CCCCC1. The van der Waals surface area contributed by atoms with Gasteiger partial charge in [0.25, 0.3) is 0 Å². The Hall–Kier alpha value is -2.14. The predicted molar refractivity (Wildman–Crippen MR) is 128 cm³/mol. The number of carbonyl (C=O) groups excluding carboxylic acids is 2. The van der Waals surface area contributed by atoms with Crippen LogP contribution in [0.2, 0.25) is 0 Å². The lowest BCUT2D eigenvalue weighted by Crippen LogP contribution is -2.47. The van der Waals surface area contributed by atoms with E-state index in [1.807, 2.05) is 39.4 Å². The van der Waals surface area contributed by atoms with Crippen molar-refractivity contribution >= 4 is 23.2 Å². The Morgan fingerprint density at radius 1 is 0.935 bits per heavy atom. The first-order valence-electron chi connectivity index (χ1n) is 11.8. The Bertz CT molecular complexity index is 785. The lowest BCUT2D eigenvalue weighted by atomic mass is 9.93. The van der Waals surface area contributed by atoms with Crippen molar-refractivity contribution in [2.24, 2.45) is 0 Å². The topological polar surface area (TPSA) is 40.6 Å². The Balaban J connectivity index is 1.73. The lowest BCUT2D eigenvalue weighted by molar-refractivity contribution is -0.143. The van der Waals surface area contributed by atoms with E-state index in [4.69, 9.17) is 0 Å². The van der Waals surface area contributed by atoms with E-state index < -0.39 is 0 Å². The molecule has 168 valence electrons. The number of carbonyl (C=O) groups is 2. The molecule has 1 heterocycles. The smallest absolute Gasteiger partial charge is 0.242 e. The number of nitrogens with zero attached hydrogens (tertiary/aromatic N) is 2. The summed E-state index contributed by atoms with van der Waals surface area (Å²) in [5, 5.41) is 2.05. The highest BCUT2D eigenvalue weighted by Gasteiger charge is 2.28. The van der Waals surface area contributed by atoms with Gasteiger partial charge in [0.15, 0.2) is 0 Å². The number of thiophene rings is 1. The standard InChI is InChI=1S/C26H36N2O2S/c1-2-3-6-17-25(29)28(23-14-9-5-10-15-23)21-26(30)27(20-24-16-11-18-31-24)19-22-12-7-4-8-13-22/h4,7-8,11-13,16,18,23H,2-3,5-6,9-10,14-15,17,19-21H2,1H3. The minimum Gasteiger partial charge on any atom is -0.332 e. The van der Waals surface area contributed by atoms with Crippen LogP contribution in [0.5, 0.6) is 0 Å². The molecule has 2 amide bonds. The summed E-state index contributed by atoms with van der Waals surface area (Å²) in [4.78, 5) is 31.6. The van der Waals surface area contributed by atoms with E-state index in [-0.39, 0.29) is 24.4 Å². The van der Waals surface area contributed by atoms with E-state index in [0.717, 1.165) is 50.5 Å². The summed E-state index contributed by atoms with van der Waals surface area (Å²) < 4.78 is 0. The summed E-state index contributed by atoms with van der Waals surface area (Å²) in [5.74, 6) is 0.205. The molecule has 1 saturated carbocycles. The molecule has 0 N–H and O–H groups in total. The molecule has 2 aromatic rings. The third kappa shape index (κ3) is 7.49. The lowest BCUT2D eigenvalue weighted by Gasteiger charge is -2.35. The zero-order chi connectivity index (χ0) is 21.9. The van der Waals surface area contributed by atoms with Crippen LogP contribution in [-0.2, 0) is 22.7 Å². The van der Waals surface area contributed by atoms with Crippen LogP contribution in [0.3, 0.4) is 0 Å². The zero-order valence-corrected chi connectivity index (χ0v) is 19.6. The molecule has 1 aliphatic carbocycles. The van der Waals surface area contributed by atoms with Gasteiger partial charge >= 0.3 is 0 Å². The van der Waals surface area contributed by atoms with Crippen LogP contribution in [0.4, 0.5) is 0 Å². The van der Waals surface area contributed by atoms with Gasteiger partial charge in [0, 0.05) is 23.9 Å². The fourth-order valence-electron chi connectivity index (χ4n) is 4.36. The first kappa shape index (κ1) is 23.5. The molecule has 31 heavy (non-hydrogen) atoms. The second-order valence-electron chi connectivity index (χ2n) is 8.59. The van der Waals surface area contributed by atoms with Gasteiger partial charge in [0.05, 0.1) is 6.54 Å². The third-order valence-corrected chi connectivity index (χ3v) is 6.99. The van der Waals surface area contributed by atoms with Crippen LogP contribution in [-0.4, -0.2) is 34.2 Å². The second kappa shape index (κ2) is 12.7. The normalized spacial score (nSPS) is 14.4. The number of benzene rings is 1. The van der Waals surface area contributed by atoms with Crippen molar-refractivity contribution in [3.8, 4) is 0 Å². The molecule has 0 unspecified atom stereocenters. The molecule has 0 saturated heterocycles. The van der Waals surface area contributed by atoms with E-state index in [1.165, 1.54) is 11.3 Å². The number of hydrogen-bond acceptors (Lipinski definition) is 3. The van der Waals surface area contributed by atoms with E-state index >= 15 is 0 Å². The van der Waals surface area contributed by atoms with Gasteiger partial charge in [-0.05, 0) is 36.3 Å². The van der Waals surface area contributed by atoms with Crippen molar-refractivity contribution in [1.82, 2.24) is 9.80 Å². The summed E-state index contributed by atoms with van der Waals surface area (Å²) in [6.07, 6.45) is 9.23. The van der Waals surface area contributed by atoms with Gasteiger partial charge in [0.1, 0.15) is 6.54 Å². The van der Waals surface area contributed by atoms with Crippen molar-refractivity contribution < 1.29 is 9.59 Å². The Kier molecular flexibility index (Phi) is 9.60. The molecule has 0 bridgehead atoms. The summed E-state index contributed by atoms with van der Waals surface area (Å²) >= 11 is 1.67. The molecule has 0 atom stereocenters. The van der Waals surface area contributed by atoms with E-state index in [0.29, 0.717) is 19.5 Å². The molecule has 1 aliphatic rings. The second-order valence-corrected chi connectivity index (χ2v) is 9.62. The highest BCUT2D eigenvalue weighted by atomic mass is 32.1. The first-order valence-corrected chi connectivity index (χ1v) is 12.7. The van der Waals surface area contributed by atoms with Gasteiger partial charge in [-0.15, -0.1) is 11.3 Å². The van der Waals surface area contributed by atoms with Gasteiger partial charge in [-0.25, -0.2) is 0 Å². The van der Waals surface area contributed by atoms with Crippen molar-refractivity contribution in [1.29, 1.82) is 0 Å². The van der Waals surface area contributed by atoms with Crippen LogP contribution < -0.4 is 0 Å². The third-order valence-electron chi connectivity index (χ3n) is 6.13. The number of unbranched alkanes of at least 4 members (excludes halogenated alkanes) is 2. The maximum atomic E-state index is 13.5. The minimum atomic E-state index is 0.0478. The highest BCUT2D eigenvalue weighted by Crippen LogP contribution is 2.24. The van der Waals surface area contributed by atoms with Crippen LogP contribution in [0.25, 0.3) is 0 Å². The molecule has 0 radical (unpaired) electrons. The minimum absolute atomic E-state index is 0.0478. The molecule has 3 rings (SSSR count). The van der Waals surface area contributed by atoms with Gasteiger partial charge in [-0.1, -0.05) is 75.4 Å². The average Bonchev–Trinajstić information content (AvgIpc) is 3.31. The van der Waals surface area contributed by atoms with Crippen LogP contribution in [0.1, 0.15) is 75.2 Å². The fourth-order valence-corrected chi connectivity index (χ4v) is 5.08. The van der Waals surface area contributed by atoms with Crippen LogP contribution in [0.15, 0.2) is 47.8 Å². The van der Waals surface area contributed by atoms with E-state index in [2.05, 4.69) is 25.1 Å². The number of amides is 2. The van der Waals surface area contributed by atoms with Crippen LogP contribution >= 0.6 is 11.3 Å². The van der Waals surface area contributed by atoms with Crippen molar-refractivity contribution in [2.75, 3.05) is 6.54 Å². The van der Waals surface area contributed by atoms with E-state index in [1.54, 1.807) is 11.3 Å². The molecule has 5 heteroatoms. The zero-order valence-electron chi connectivity index (χ0n) is 18.8. The van der Waals surface area contributed by atoms with Crippen molar-refractivity contribution in [3.63, 3.8) is 0 Å². The van der Waals surface area contributed by atoms with Crippen LogP contribution in [0, 0.1) is 0 Å². The average molecular weight is 441 g/mol. The number of rotatable bonds is 11. The Morgan fingerprint density at radius 3 is 2.39 bits per heavy atom. The van der Waals surface area contributed by atoms with Gasteiger partial charge in [-0.3, -0.25) is 9.59 Å². The molecular formula is C26H36N2O2S. The molecule has 1 fully saturated rings. The first-order chi connectivity index (χ1) is 15.2. The quantitative estimate of drug-likeness (QED) is 0.401. The highest BCUT2D eigenvalue weighted by molar-refractivity contribution is 7.09. The molecule has 0 spiro atoms. The van der Waals surface area contributed by atoms with Gasteiger partial charge in [-0.2, -0.15) is 0 Å². The molecule has 1 aromatic heterocycles. The van der Waals surface area contributed by atoms with Crippen molar-refractivity contribution in [3.05, 3.63) is 58.3 Å². The largest absolute Gasteiger partial charge is 0.332 e. The molecular weight excluding hydrogens is 404 g/mol. The molecule has 4 nitrogen and oxygen atoms in total. The predicted octanol–water partition coefficient (Wildman–Crippen LogP) is 6.02.